The van der Waals surface area contributed by atoms with E-state index in [1.165, 1.54) is 83.5 Å². The van der Waals surface area contributed by atoms with Gasteiger partial charge in [0.1, 0.15) is 0 Å². The Morgan fingerprint density at radius 2 is 0.939 bits per heavy atom. The number of hydrogen-bond acceptors (Lipinski definition) is 2. The van der Waals surface area contributed by atoms with Gasteiger partial charge in [-0.05, 0) is 16.8 Å². The lowest BCUT2D eigenvalue weighted by atomic mass is 10.0. The van der Waals surface area contributed by atoms with Crippen molar-refractivity contribution in [3.05, 3.63) is 60.7 Å². The lowest BCUT2D eigenvalue weighted by molar-refractivity contribution is -0.134. The summed E-state index contributed by atoms with van der Waals surface area (Å²) < 4.78 is 6.04. The van der Waals surface area contributed by atoms with E-state index in [0.717, 1.165) is 23.2 Å². The highest BCUT2D eigenvalue weighted by atomic mass is 28.3. The molecular weight excluding hydrogens is 420 g/mol. The summed E-state index contributed by atoms with van der Waals surface area (Å²) in [6.07, 6.45) is 20.6. The molecule has 0 amide bonds. The van der Waals surface area contributed by atoms with Crippen LogP contribution in [0.4, 0.5) is 0 Å². The predicted octanol–water partition coefficient (Wildman–Crippen LogP) is 7.33. The molecule has 0 saturated carbocycles. The Labute approximate surface area is 204 Å². The van der Waals surface area contributed by atoms with Gasteiger partial charge in [-0.2, -0.15) is 0 Å². The van der Waals surface area contributed by atoms with Gasteiger partial charge in [0.25, 0.3) is 5.97 Å². The summed E-state index contributed by atoms with van der Waals surface area (Å²) in [5.41, 5.74) is 0. The average molecular weight is 467 g/mol. The maximum absolute atomic E-state index is 12.5. The van der Waals surface area contributed by atoms with Crippen LogP contribution in [0, 0.1) is 0 Å². The average Bonchev–Trinajstić information content (AvgIpc) is 2.86. The number of unbranched alkanes of at least 4 members (excludes halogenated alkanes) is 14. The first-order chi connectivity index (χ1) is 16.3. The summed E-state index contributed by atoms with van der Waals surface area (Å²) in [7, 11) is -1.95. The fraction of sp³-hybridized carbons (Fsp3) is 0.567. The Morgan fingerprint density at radius 1 is 0.576 bits per heavy atom. The molecular formula is C30H46O2Si. The van der Waals surface area contributed by atoms with E-state index >= 15 is 0 Å². The minimum Gasteiger partial charge on any atom is -0.513 e. The molecule has 0 fully saturated rings. The summed E-state index contributed by atoms with van der Waals surface area (Å²) in [4.78, 5) is 12.5. The smallest absolute Gasteiger partial charge is 0.302 e. The molecule has 2 rings (SSSR count). The summed E-state index contributed by atoms with van der Waals surface area (Å²) >= 11 is 0. The van der Waals surface area contributed by atoms with Gasteiger partial charge in [0.2, 0.25) is 0 Å². The molecule has 33 heavy (non-hydrogen) atoms. The van der Waals surface area contributed by atoms with Crippen molar-refractivity contribution in [1.29, 1.82) is 0 Å². The highest BCUT2D eigenvalue weighted by molar-refractivity contribution is 6.81. The van der Waals surface area contributed by atoms with E-state index in [1.807, 2.05) is 36.4 Å². The standard InChI is InChI=1S/C30H46O2Si/c1-2-3-4-5-6-7-8-9-10-11-12-13-14-15-22-27-30(31)32-33(28-23-18-16-19-24-28)29-25-20-17-21-26-29/h16-21,23-26,33H,2-15,22,27H2,1H3. The highest BCUT2D eigenvalue weighted by Crippen LogP contribution is 2.14. The largest absolute Gasteiger partial charge is 0.513 e. The van der Waals surface area contributed by atoms with Gasteiger partial charge in [0.15, 0.2) is 0 Å². The third kappa shape index (κ3) is 12.8. The molecule has 0 bridgehead atoms. The van der Waals surface area contributed by atoms with Gasteiger partial charge >= 0.3 is 9.04 Å². The first-order valence-electron chi connectivity index (χ1n) is 13.6. The van der Waals surface area contributed by atoms with Crippen LogP contribution in [0.1, 0.15) is 110 Å². The van der Waals surface area contributed by atoms with Crippen LogP contribution in [-0.2, 0) is 9.22 Å². The minimum absolute atomic E-state index is 0.0333. The van der Waals surface area contributed by atoms with Crippen molar-refractivity contribution in [1.82, 2.24) is 0 Å². The zero-order valence-electron chi connectivity index (χ0n) is 21.0. The molecule has 0 aliphatic rings. The molecule has 0 N–H and O–H groups in total. The van der Waals surface area contributed by atoms with Gasteiger partial charge < -0.3 is 4.43 Å². The van der Waals surface area contributed by atoms with Crippen LogP contribution in [0.25, 0.3) is 0 Å². The number of rotatable bonds is 19. The van der Waals surface area contributed by atoms with Crippen molar-refractivity contribution in [3.8, 4) is 0 Å². The molecule has 2 aromatic rings. The number of benzene rings is 2. The molecule has 0 aliphatic heterocycles. The molecule has 182 valence electrons. The first kappa shape index (κ1) is 27.4. The fourth-order valence-corrected chi connectivity index (χ4v) is 6.60. The topological polar surface area (TPSA) is 26.3 Å². The molecule has 0 heterocycles. The normalized spacial score (nSPS) is 11.1. The van der Waals surface area contributed by atoms with Gasteiger partial charge in [-0.3, -0.25) is 4.79 Å². The molecule has 0 aromatic heterocycles. The second kappa shape index (κ2) is 18.5. The molecule has 2 nitrogen and oxygen atoms in total. The quantitative estimate of drug-likeness (QED) is 0.160. The van der Waals surface area contributed by atoms with E-state index in [4.69, 9.17) is 4.43 Å². The van der Waals surface area contributed by atoms with Crippen LogP contribution in [0.3, 0.4) is 0 Å². The van der Waals surface area contributed by atoms with Crippen LogP contribution in [0.15, 0.2) is 60.7 Å². The maximum atomic E-state index is 12.5. The van der Waals surface area contributed by atoms with Crippen molar-refractivity contribution in [3.63, 3.8) is 0 Å². The molecule has 0 saturated heterocycles. The van der Waals surface area contributed by atoms with Crippen molar-refractivity contribution in [2.75, 3.05) is 0 Å². The molecule has 0 aliphatic carbocycles. The van der Waals surface area contributed by atoms with Crippen molar-refractivity contribution < 1.29 is 9.22 Å². The zero-order valence-corrected chi connectivity index (χ0v) is 22.1. The van der Waals surface area contributed by atoms with Gasteiger partial charge in [-0.15, -0.1) is 0 Å². The highest BCUT2D eigenvalue weighted by Gasteiger charge is 2.21. The summed E-state index contributed by atoms with van der Waals surface area (Å²) in [5, 5.41) is 2.32. The van der Waals surface area contributed by atoms with Crippen molar-refractivity contribution in [2.45, 2.75) is 110 Å². The summed E-state index contributed by atoms with van der Waals surface area (Å²) in [6.45, 7) is 2.28. The number of hydrogen-bond donors (Lipinski definition) is 0. The lowest BCUT2D eigenvalue weighted by Crippen LogP contribution is -2.46. The Bertz CT molecular complexity index is 677. The molecule has 3 heteroatoms. The van der Waals surface area contributed by atoms with Crippen molar-refractivity contribution >= 4 is 25.4 Å². The van der Waals surface area contributed by atoms with Gasteiger partial charge in [-0.1, -0.05) is 157 Å². The monoisotopic (exact) mass is 466 g/mol. The van der Waals surface area contributed by atoms with E-state index in [9.17, 15) is 4.79 Å². The second-order valence-corrected chi connectivity index (χ2v) is 11.7. The van der Waals surface area contributed by atoms with Crippen LogP contribution in [-0.4, -0.2) is 15.0 Å². The third-order valence-electron chi connectivity index (χ3n) is 6.44. The maximum Gasteiger partial charge on any atom is 0.302 e. The van der Waals surface area contributed by atoms with Crippen LogP contribution >= 0.6 is 0 Å². The number of carbonyl (C=O) groups excluding carboxylic acids is 1. The minimum atomic E-state index is -1.95. The Balaban J connectivity index is 1.50. The summed E-state index contributed by atoms with van der Waals surface area (Å²) in [6, 6.07) is 20.5. The lowest BCUT2D eigenvalue weighted by Gasteiger charge is -2.17. The van der Waals surface area contributed by atoms with Gasteiger partial charge in [0, 0.05) is 6.42 Å². The fourth-order valence-electron chi connectivity index (χ4n) is 4.42. The van der Waals surface area contributed by atoms with Crippen LogP contribution in [0.2, 0.25) is 0 Å². The molecule has 0 radical (unpaired) electrons. The van der Waals surface area contributed by atoms with Crippen LogP contribution < -0.4 is 10.4 Å². The van der Waals surface area contributed by atoms with E-state index < -0.39 is 9.04 Å². The van der Waals surface area contributed by atoms with E-state index in [2.05, 4.69) is 31.2 Å². The van der Waals surface area contributed by atoms with Crippen molar-refractivity contribution in [2.24, 2.45) is 0 Å². The molecule has 0 atom stereocenters. The number of carbonyl (C=O) groups is 1. The third-order valence-corrected chi connectivity index (χ3v) is 8.92. The second-order valence-electron chi connectivity index (χ2n) is 9.39. The van der Waals surface area contributed by atoms with E-state index in [-0.39, 0.29) is 5.97 Å². The predicted molar refractivity (Wildman–Crippen MR) is 145 cm³/mol. The Kier molecular flexibility index (Phi) is 15.4. The van der Waals surface area contributed by atoms with Crippen LogP contribution in [0.5, 0.6) is 0 Å². The SMILES string of the molecule is CCCCCCCCCCCCCCCCCC(=O)O[SiH](c1ccccc1)c1ccccc1. The summed E-state index contributed by atoms with van der Waals surface area (Å²) in [5.74, 6) is -0.0333. The Morgan fingerprint density at radius 3 is 1.33 bits per heavy atom. The Hall–Kier alpha value is -1.87. The molecule has 0 unspecified atom stereocenters. The van der Waals surface area contributed by atoms with E-state index in [0.29, 0.717) is 6.42 Å². The molecule has 0 spiro atoms. The molecule has 2 aromatic carbocycles. The van der Waals surface area contributed by atoms with Gasteiger partial charge in [-0.25, -0.2) is 0 Å². The zero-order chi connectivity index (χ0) is 23.4. The van der Waals surface area contributed by atoms with E-state index in [1.54, 1.807) is 0 Å². The van der Waals surface area contributed by atoms with Gasteiger partial charge in [0.05, 0.1) is 0 Å². The first-order valence-corrected chi connectivity index (χ1v) is 15.2.